The maximum atomic E-state index is 13.0. The van der Waals surface area contributed by atoms with E-state index in [1.54, 1.807) is 21.9 Å². The number of carbonyl (C=O) groups is 3. The molecule has 8 heteroatoms. The van der Waals surface area contributed by atoms with Gasteiger partial charge in [-0.25, -0.2) is 4.39 Å². The number of nitrogens with zero attached hydrogens (tertiary/aromatic N) is 2. The number of anilines is 1. The van der Waals surface area contributed by atoms with Crippen LogP contribution in [0.15, 0.2) is 47.1 Å². The molecule has 1 N–H and O–H groups in total. The van der Waals surface area contributed by atoms with Crippen molar-refractivity contribution in [3.05, 3.63) is 54.2 Å². The third kappa shape index (κ3) is 3.37. The molecule has 1 saturated carbocycles. The highest BCUT2D eigenvalue weighted by atomic mass is 19.1. The monoisotopic (exact) mass is 385 g/mol. The number of benzene rings is 1. The number of furan rings is 1. The number of piperazine rings is 1. The van der Waals surface area contributed by atoms with Gasteiger partial charge in [0.05, 0.1) is 6.26 Å². The summed E-state index contributed by atoms with van der Waals surface area (Å²) in [5, 5.41) is 2.71. The van der Waals surface area contributed by atoms with Crippen LogP contribution >= 0.6 is 0 Å². The fraction of sp³-hybridized carbons (Fsp3) is 0.350. The van der Waals surface area contributed by atoms with E-state index in [4.69, 9.17) is 4.42 Å². The standard InChI is InChI=1S/C20H20FN3O4/c21-14-3-5-15(6-4-14)22-18(26)20(7-8-20)19(27)24-11-9-23(10-12-24)17(25)16-2-1-13-28-16/h1-6,13H,7-12H2,(H,22,26). The maximum absolute atomic E-state index is 13.0. The zero-order chi connectivity index (χ0) is 19.7. The van der Waals surface area contributed by atoms with Crippen LogP contribution < -0.4 is 5.32 Å². The molecule has 146 valence electrons. The summed E-state index contributed by atoms with van der Waals surface area (Å²) in [6, 6.07) is 8.71. The van der Waals surface area contributed by atoms with Crippen LogP contribution in [0, 0.1) is 11.2 Å². The first-order valence-corrected chi connectivity index (χ1v) is 9.19. The lowest BCUT2D eigenvalue weighted by Crippen LogP contribution is -2.53. The summed E-state index contributed by atoms with van der Waals surface area (Å²) in [4.78, 5) is 41.2. The molecular formula is C20H20FN3O4. The van der Waals surface area contributed by atoms with E-state index in [9.17, 15) is 18.8 Å². The predicted octanol–water partition coefficient (Wildman–Crippen LogP) is 2.12. The normalized spacial score (nSPS) is 17.9. The Balaban J connectivity index is 1.36. The third-order valence-corrected chi connectivity index (χ3v) is 5.28. The molecule has 1 aliphatic carbocycles. The van der Waals surface area contributed by atoms with Crippen LogP contribution in [0.3, 0.4) is 0 Å². The summed E-state index contributed by atoms with van der Waals surface area (Å²) < 4.78 is 18.1. The molecule has 2 fully saturated rings. The van der Waals surface area contributed by atoms with Crippen molar-refractivity contribution < 1.29 is 23.2 Å². The largest absolute Gasteiger partial charge is 0.459 e. The summed E-state index contributed by atoms with van der Waals surface area (Å²) in [7, 11) is 0. The molecule has 1 aliphatic heterocycles. The Labute approximate surface area is 161 Å². The molecule has 1 saturated heterocycles. The quantitative estimate of drug-likeness (QED) is 0.818. The van der Waals surface area contributed by atoms with Gasteiger partial charge < -0.3 is 19.5 Å². The van der Waals surface area contributed by atoms with E-state index >= 15 is 0 Å². The Hall–Kier alpha value is -3.16. The summed E-state index contributed by atoms with van der Waals surface area (Å²) in [5.74, 6) is -0.892. The van der Waals surface area contributed by atoms with Crippen molar-refractivity contribution in [3.8, 4) is 0 Å². The fourth-order valence-corrected chi connectivity index (χ4v) is 3.42. The molecule has 2 aliphatic rings. The van der Waals surface area contributed by atoms with Crippen LogP contribution in [-0.2, 0) is 9.59 Å². The number of nitrogens with one attached hydrogen (secondary N) is 1. The Morgan fingerprint density at radius 2 is 1.61 bits per heavy atom. The highest BCUT2D eigenvalue weighted by molar-refractivity contribution is 6.13. The molecule has 1 aromatic carbocycles. The smallest absolute Gasteiger partial charge is 0.289 e. The van der Waals surface area contributed by atoms with Crippen molar-refractivity contribution >= 4 is 23.4 Å². The second-order valence-corrected chi connectivity index (χ2v) is 7.10. The van der Waals surface area contributed by atoms with Gasteiger partial charge >= 0.3 is 0 Å². The fourth-order valence-electron chi connectivity index (χ4n) is 3.42. The van der Waals surface area contributed by atoms with Crippen molar-refractivity contribution in [2.24, 2.45) is 5.41 Å². The summed E-state index contributed by atoms with van der Waals surface area (Å²) in [6.45, 7) is 1.52. The minimum absolute atomic E-state index is 0.202. The van der Waals surface area contributed by atoms with Gasteiger partial charge in [0.25, 0.3) is 5.91 Å². The number of hydrogen-bond acceptors (Lipinski definition) is 4. The first kappa shape index (κ1) is 18.2. The number of amides is 3. The molecular weight excluding hydrogens is 365 g/mol. The van der Waals surface area contributed by atoms with Crippen LogP contribution in [0.25, 0.3) is 0 Å². The van der Waals surface area contributed by atoms with Crippen molar-refractivity contribution in [2.75, 3.05) is 31.5 Å². The Morgan fingerprint density at radius 1 is 0.964 bits per heavy atom. The van der Waals surface area contributed by atoms with Crippen molar-refractivity contribution in [1.29, 1.82) is 0 Å². The van der Waals surface area contributed by atoms with Gasteiger partial charge in [0.15, 0.2) is 5.76 Å². The average Bonchev–Trinajstić information content (AvgIpc) is 3.35. The van der Waals surface area contributed by atoms with Crippen LogP contribution in [0.2, 0.25) is 0 Å². The van der Waals surface area contributed by atoms with E-state index in [0.29, 0.717) is 44.7 Å². The highest BCUT2D eigenvalue weighted by Crippen LogP contribution is 2.48. The number of rotatable bonds is 4. The van der Waals surface area contributed by atoms with Gasteiger partial charge in [0.1, 0.15) is 11.2 Å². The number of halogens is 1. The van der Waals surface area contributed by atoms with Gasteiger partial charge in [-0.3, -0.25) is 14.4 Å². The van der Waals surface area contributed by atoms with Gasteiger partial charge in [-0.05, 0) is 49.2 Å². The second-order valence-electron chi connectivity index (χ2n) is 7.10. The molecule has 7 nitrogen and oxygen atoms in total. The van der Waals surface area contributed by atoms with Gasteiger partial charge in [-0.1, -0.05) is 0 Å². The van der Waals surface area contributed by atoms with Crippen LogP contribution in [0.5, 0.6) is 0 Å². The zero-order valence-corrected chi connectivity index (χ0v) is 15.2. The van der Waals surface area contributed by atoms with E-state index in [1.165, 1.54) is 30.5 Å². The lowest BCUT2D eigenvalue weighted by molar-refractivity contribution is -0.143. The van der Waals surface area contributed by atoms with Crippen molar-refractivity contribution in [3.63, 3.8) is 0 Å². The van der Waals surface area contributed by atoms with Crippen LogP contribution in [0.4, 0.5) is 10.1 Å². The molecule has 0 spiro atoms. The molecule has 2 aromatic rings. The molecule has 0 radical (unpaired) electrons. The molecule has 3 amide bonds. The average molecular weight is 385 g/mol. The number of carbonyl (C=O) groups excluding carboxylic acids is 3. The van der Waals surface area contributed by atoms with E-state index in [1.807, 2.05) is 0 Å². The van der Waals surface area contributed by atoms with Crippen LogP contribution in [0.1, 0.15) is 23.4 Å². The highest BCUT2D eigenvalue weighted by Gasteiger charge is 2.58. The van der Waals surface area contributed by atoms with E-state index in [2.05, 4.69) is 5.32 Å². The van der Waals surface area contributed by atoms with E-state index in [-0.39, 0.29) is 23.5 Å². The Bertz CT molecular complexity index is 883. The zero-order valence-electron chi connectivity index (χ0n) is 15.2. The summed E-state index contributed by atoms with van der Waals surface area (Å²) in [6.07, 6.45) is 2.43. The minimum atomic E-state index is -1.05. The predicted molar refractivity (Wildman–Crippen MR) is 97.9 cm³/mol. The van der Waals surface area contributed by atoms with Crippen LogP contribution in [-0.4, -0.2) is 53.7 Å². The van der Waals surface area contributed by atoms with Crippen molar-refractivity contribution in [1.82, 2.24) is 9.80 Å². The third-order valence-electron chi connectivity index (χ3n) is 5.28. The maximum Gasteiger partial charge on any atom is 0.289 e. The molecule has 0 bridgehead atoms. The number of hydrogen-bond donors (Lipinski definition) is 1. The molecule has 4 rings (SSSR count). The van der Waals surface area contributed by atoms with Gasteiger partial charge in [-0.15, -0.1) is 0 Å². The first-order chi connectivity index (χ1) is 13.5. The topological polar surface area (TPSA) is 82.9 Å². The Kier molecular flexibility index (Phi) is 4.62. The minimum Gasteiger partial charge on any atom is -0.459 e. The van der Waals surface area contributed by atoms with Gasteiger partial charge in [0, 0.05) is 31.9 Å². The van der Waals surface area contributed by atoms with E-state index in [0.717, 1.165) is 0 Å². The first-order valence-electron chi connectivity index (χ1n) is 9.19. The lowest BCUT2D eigenvalue weighted by Gasteiger charge is -2.36. The van der Waals surface area contributed by atoms with E-state index < -0.39 is 11.2 Å². The molecule has 2 heterocycles. The SMILES string of the molecule is O=C(c1ccco1)N1CCN(C(=O)C2(C(=O)Nc3ccc(F)cc3)CC2)CC1. The molecule has 0 unspecified atom stereocenters. The molecule has 28 heavy (non-hydrogen) atoms. The lowest BCUT2D eigenvalue weighted by atomic mass is 10.0. The molecule has 1 aromatic heterocycles. The molecule has 0 atom stereocenters. The van der Waals surface area contributed by atoms with Crippen molar-refractivity contribution in [2.45, 2.75) is 12.8 Å². The van der Waals surface area contributed by atoms with Gasteiger partial charge in [-0.2, -0.15) is 0 Å². The van der Waals surface area contributed by atoms with Gasteiger partial charge in [0.2, 0.25) is 11.8 Å². The Morgan fingerprint density at radius 3 is 2.18 bits per heavy atom. The summed E-state index contributed by atoms with van der Waals surface area (Å²) >= 11 is 0. The second kappa shape index (κ2) is 7.10. The summed E-state index contributed by atoms with van der Waals surface area (Å²) in [5.41, 5.74) is -0.596.